The maximum Gasteiger partial charge on any atom is 0.273 e. The van der Waals surface area contributed by atoms with E-state index in [1.807, 2.05) is 0 Å². The highest BCUT2D eigenvalue weighted by Gasteiger charge is 2.19. The topological polar surface area (TPSA) is 90.1 Å². The lowest BCUT2D eigenvalue weighted by atomic mass is 10.1. The quantitative estimate of drug-likeness (QED) is 0.492. The molecular weight excluding hydrogens is 391 g/mol. The molecule has 2 aromatic carbocycles. The number of aromatic nitrogens is 2. The number of rotatable bonds is 5. The molecule has 0 aliphatic carbocycles. The highest BCUT2D eigenvalue weighted by Crippen LogP contribution is 2.26. The Morgan fingerprint density at radius 3 is 2.52 bits per heavy atom. The maximum absolute atomic E-state index is 12.6. The molecule has 1 aromatic heterocycles. The zero-order chi connectivity index (χ0) is 19.6. The van der Waals surface area contributed by atoms with E-state index in [0.717, 1.165) is 0 Å². The Labute approximate surface area is 164 Å². The van der Waals surface area contributed by atoms with Crippen LogP contribution in [0.15, 0.2) is 48.7 Å². The Kier molecular flexibility index (Phi) is 5.43. The van der Waals surface area contributed by atoms with E-state index in [4.69, 9.17) is 23.2 Å². The van der Waals surface area contributed by atoms with Gasteiger partial charge < -0.3 is 5.32 Å². The number of nitrogens with zero attached hydrogens (tertiary/aromatic N) is 3. The van der Waals surface area contributed by atoms with Gasteiger partial charge in [-0.25, -0.2) is 4.68 Å². The lowest BCUT2D eigenvalue weighted by Gasteiger charge is -2.12. The summed E-state index contributed by atoms with van der Waals surface area (Å²) in [4.78, 5) is 23.2. The number of carbonyl (C=O) groups excluding carboxylic acids is 1. The standard InChI is InChI=1S/C18H14Cl2N4O3/c1-11-12(4-2-7-16(11)24(26)27)18(25)22-17-8-9-21-23(17)10-13-14(19)5-3-6-15(13)20/h2-9H,10H2,1H3,(H,22,25). The van der Waals surface area contributed by atoms with Gasteiger partial charge in [-0.05, 0) is 25.1 Å². The fourth-order valence-corrected chi connectivity index (χ4v) is 3.17. The highest BCUT2D eigenvalue weighted by molar-refractivity contribution is 6.36. The van der Waals surface area contributed by atoms with Crippen LogP contribution in [0.25, 0.3) is 0 Å². The number of hydrogen-bond donors (Lipinski definition) is 1. The molecule has 0 bridgehead atoms. The summed E-state index contributed by atoms with van der Waals surface area (Å²) in [6.07, 6.45) is 1.53. The number of anilines is 1. The van der Waals surface area contributed by atoms with Gasteiger partial charge in [0.25, 0.3) is 11.6 Å². The largest absolute Gasteiger partial charge is 0.307 e. The monoisotopic (exact) mass is 404 g/mol. The molecule has 1 amide bonds. The molecule has 0 aliphatic rings. The third kappa shape index (κ3) is 3.94. The van der Waals surface area contributed by atoms with Gasteiger partial charge >= 0.3 is 0 Å². The third-order valence-electron chi connectivity index (χ3n) is 4.07. The molecule has 3 rings (SSSR count). The first-order valence-corrected chi connectivity index (χ1v) is 8.64. The predicted molar refractivity (Wildman–Crippen MR) is 104 cm³/mol. The van der Waals surface area contributed by atoms with E-state index < -0.39 is 10.8 Å². The van der Waals surface area contributed by atoms with Crippen molar-refractivity contribution in [2.75, 3.05) is 5.32 Å². The molecular formula is C18H14Cl2N4O3. The number of nitro benzene ring substituents is 1. The van der Waals surface area contributed by atoms with Crippen LogP contribution in [0.4, 0.5) is 11.5 Å². The third-order valence-corrected chi connectivity index (χ3v) is 4.78. The fourth-order valence-electron chi connectivity index (χ4n) is 2.65. The molecule has 0 saturated heterocycles. The van der Waals surface area contributed by atoms with Gasteiger partial charge in [-0.2, -0.15) is 5.10 Å². The van der Waals surface area contributed by atoms with Gasteiger partial charge in [0.2, 0.25) is 0 Å². The Balaban J connectivity index is 1.86. The smallest absolute Gasteiger partial charge is 0.273 e. The van der Waals surface area contributed by atoms with Gasteiger partial charge in [0.1, 0.15) is 5.82 Å². The van der Waals surface area contributed by atoms with E-state index in [2.05, 4.69) is 10.4 Å². The van der Waals surface area contributed by atoms with Crippen LogP contribution in [-0.2, 0) is 6.54 Å². The van der Waals surface area contributed by atoms with Crippen molar-refractivity contribution in [1.82, 2.24) is 9.78 Å². The second kappa shape index (κ2) is 7.77. The Morgan fingerprint density at radius 2 is 1.85 bits per heavy atom. The van der Waals surface area contributed by atoms with Crippen LogP contribution in [0.5, 0.6) is 0 Å². The van der Waals surface area contributed by atoms with Gasteiger partial charge in [0, 0.05) is 38.9 Å². The molecule has 0 unspecified atom stereocenters. The highest BCUT2D eigenvalue weighted by atomic mass is 35.5. The Bertz CT molecular complexity index is 1010. The molecule has 1 heterocycles. The van der Waals surface area contributed by atoms with Crippen molar-refractivity contribution >= 4 is 40.6 Å². The van der Waals surface area contributed by atoms with Crippen molar-refractivity contribution in [3.8, 4) is 0 Å². The van der Waals surface area contributed by atoms with E-state index in [9.17, 15) is 14.9 Å². The van der Waals surface area contributed by atoms with Gasteiger partial charge in [-0.3, -0.25) is 14.9 Å². The number of amides is 1. The number of halogens is 2. The summed E-state index contributed by atoms with van der Waals surface area (Å²) in [6, 6.07) is 11.2. The maximum atomic E-state index is 12.6. The lowest BCUT2D eigenvalue weighted by Crippen LogP contribution is -2.17. The summed E-state index contributed by atoms with van der Waals surface area (Å²) in [7, 11) is 0. The van der Waals surface area contributed by atoms with Crippen LogP contribution >= 0.6 is 23.2 Å². The summed E-state index contributed by atoms with van der Waals surface area (Å²) < 4.78 is 1.54. The van der Waals surface area contributed by atoms with Crippen molar-refractivity contribution < 1.29 is 9.72 Å². The van der Waals surface area contributed by atoms with Crippen LogP contribution in [0.2, 0.25) is 10.0 Å². The molecule has 1 N–H and O–H groups in total. The lowest BCUT2D eigenvalue weighted by molar-refractivity contribution is -0.385. The second-order valence-electron chi connectivity index (χ2n) is 5.74. The van der Waals surface area contributed by atoms with Gasteiger partial charge in [-0.1, -0.05) is 35.3 Å². The van der Waals surface area contributed by atoms with Crippen molar-refractivity contribution in [2.45, 2.75) is 13.5 Å². The average Bonchev–Trinajstić information content (AvgIpc) is 3.05. The molecule has 27 heavy (non-hydrogen) atoms. The Hall–Kier alpha value is -2.90. The number of carbonyl (C=O) groups is 1. The van der Waals surface area contributed by atoms with Crippen LogP contribution in [-0.4, -0.2) is 20.6 Å². The first kappa shape index (κ1) is 18.9. The minimum Gasteiger partial charge on any atom is -0.307 e. The zero-order valence-electron chi connectivity index (χ0n) is 14.1. The van der Waals surface area contributed by atoms with E-state index in [0.29, 0.717) is 27.0 Å². The summed E-state index contributed by atoms with van der Waals surface area (Å²) in [5.74, 6) is -0.0508. The molecule has 0 atom stereocenters. The molecule has 0 radical (unpaired) electrons. The zero-order valence-corrected chi connectivity index (χ0v) is 15.7. The Morgan fingerprint density at radius 1 is 1.19 bits per heavy atom. The summed E-state index contributed by atoms with van der Waals surface area (Å²) in [6.45, 7) is 1.79. The van der Waals surface area contributed by atoms with Crippen molar-refractivity contribution in [1.29, 1.82) is 0 Å². The van der Waals surface area contributed by atoms with Crippen molar-refractivity contribution in [3.63, 3.8) is 0 Å². The average molecular weight is 405 g/mol. The molecule has 0 saturated carbocycles. The minimum atomic E-state index is -0.518. The summed E-state index contributed by atoms with van der Waals surface area (Å²) in [5, 5.41) is 19.0. The first-order chi connectivity index (χ1) is 12.9. The predicted octanol–water partition coefficient (Wildman–Crippen LogP) is 4.71. The number of hydrogen-bond acceptors (Lipinski definition) is 4. The van der Waals surface area contributed by atoms with Crippen LogP contribution in [0.1, 0.15) is 21.5 Å². The van der Waals surface area contributed by atoms with Crippen LogP contribution < -0.4 is 5.32 Å². The molecule has 138 valence electrons. The van der Waals surface area contributed by atoms with Gasteiger partial charge in [0.15, 0.2) is 0 Å². The molecule has 9 heteroatoms. The molecule has 3 aromatic rings. The number of nitrogens with one attached hydrogen (secondary N) is 1. The van der Waals surface area contributed by atoms with Gasteiger partial charge in [-0.15, -0.1) is 0 Å². The molecule has 0 fully saturated rings. The second-order valence-corrected chi connectivity index (χ2v) is 6.55. The van der Waals surface area contributed by atoms with Crippen molar-refractivity contribution in [2.24, 2.45) is 0 Å². The van der Waals surface area contributed by atoms with E-state index >= 15 is 0 Å². The minimum absolute atomic E-state index is 0.112. The number of nitro groups is 1. The number of benzene rings is 2. The fraction of sp³-hybridized carbons (Fsp3) is 0.111. The van der Waals surface area contributed by atoms with E-state index in [1.165, 1.54) is 36.0 Å². The van der Waals surface area contributed by atoms with E-state index in [-0.39, 0.29) is 17.8 Å². The molecule has 7 nitrogen and oxygen atoms in total. The normalized spacial score (nSPS) is 10.6. The van der Waals surface area contributed by atoms with E-state index in [1.54, 1.807) is 24.3 Å². The first-order valence-electron chi connectivity index (χ1n) is 7.88. The van der Waals surface area contributed by atoms with Gasteiger partial charge in [0.05, 0.1) is 17.7 Å². The molecule has 0 spiro atoms. The molecule has 0 aliphatic heterocycles. The van der Waals surface area contributed by atoms with Crippen LogP contribution in [0, 0.1) is 17.0 Å². The summed E-state index contributed by atoms with van der Waals surface area (Å²) in [5.41, 5.74) is 1.07. The van der Waals surface area contributed by atoms with Crippen LogP contribution in [0.3, 0.4) is 0 Å². The van der Waals surface area contributed by atoms with Crippen molar-refractivity contribution in [3.05, 3.63) is 85.5 Å². The SMILES string of the molecule is Cc1c(C(=O)Nc2ccnn2Cc2c(Cl)cccc2Cl)cccc1[N+](=O)[O-]. The summed E-state index contributed by atoms with van der Waals surface area (Å²) >= 11 is 12.4.